The first kappa shape index (κ1) is 21.9. The van der Waals surface area contributed by atoms with Crippen molar-refractivity contribution in [2.75, 3.05) is 5.32 Å². The van der Waals surface area contributed by atoms with Crippen molar-refractivity contribution in [3.05, 3.63) is 95.6 Å². The normalized spacial score (nSPS) is 10.1. The number of thiophene rings is 1. The van der Waals surface area contributed by atoms with Gasteiger partial charge in [0.15, 0.2) is 0 Å². The van der Waals surface area contributed by atoms with Crippen LogP contribution < -0.4 is 5.32 Å². The van der Waals surface area contributed by atoms with Crippen molar-refractivity contribution in [3.63, 3.8) is 0 Å². The van der Waals surface area contributed by atoms with Gasteiger partial charge in [0.25, 0.3) is 5.91 Å². The second-order valence-corrected chi connectivity index (χ2v) is 7.27. The van der Waals surface area contributed by atoms with Gasteiger partial charge in [0, 0.05) is 22.8 Å². The number of carbonyl (C=O) groups is 2. The van der Waals surface area contributed by atoms with E-state index in [1.54, 1.807) is 35.7 Å². The Kier molecular flexibility index (Phi) is 7.18. The number of hydrogen-bond acceptors (Lipinski definition) is 4. The minimum atomic E-state index is -1.10. The van der Waals surface area contributed by atoms with Gasteiger partial charge in [0.1, 0.15) is 0 Å². The molecule has 0 radical (unpaired) electrons. The van der Waals surface area contributed by atoms with Crippen molar-refractivity contribution in [1.82, 2.24) is 4.98 Å². The van der Waals surface area contributed by atoms with E-state index in [1.165, 1.54) is 12.3 Å². The van der Waals surface area contributed by atoms with Crippen molar-refractivity contribution in [1.29, 1.82) is 0 Å². The predicted molar refractivity (Wildman–Crippen MR) is 121 cm³/mol. The van der Waals surface area contributed by atoms with Gasteiger partial charge in [-0.3, -0.25) is 9.78 Å². The molecule has 0 aliphatic heterocycles. The summed E-state index contributed by atoms with van der Waals surface area (Å²) in [6.07, 6.45) is 3.15. The first-order valence-electron chi connectivity index (χ1n) is 8.85. The summed E-state index contributed by atoms with van der Waals surface area (Å²) in [7, 11) is 0. The first-order valence-corrected chi connectivity index (χ1v) is 9.73. The molecule has 2 N–H and O–H groups in total. The Balaban J connectivity index is 0.00000256. The molecule has 4 aromatic rings. The molecule has 0 aliphatic carbocycles. The van der Waals surface area contributed by atoms with E-state index in [-0.39, 0.29) is 40.8 Å². The summed E-state index contributed by atoms with van der Waals surface area (Å²) in [6, 6.07) is 20.1. The summed E-state index contributed by atoms with van der Waals surface area (Å²) >= 11 is 1.54. The third-order valence-electron chi connectivity index (χ3n) is 4.41. The third-order valence-corrected chi connectivity index (χ3v) is 5.33. The summed E-state index contributed by atoms with van der Waals surface area (Å²) in [5.74, 6) is -1.52. The van der Waals surface area contributed by atoms with Gasteiger partial charge in [-0.05, 0) is 40.8 Å². The molecule has 0 fully saturated rings. The summed E-state index contributed by atoms with van der Waals surface area (Å²) in [6.45, 7) is 0. The number of anilines is 1. The van der Waals surface area contributed by atoms with Crippen LogP contribution in [0.25, 0.3) is 21.6 Å². The molecule has 2 heterocycles. The zero-order chi connectivity index (χ0) is 20.2. The second kappa shape index (κ2) is 9.82. The Bertz CT molecular complexity index is 1180. The molecule has 0 aliphatic rings. The van der Waals surface area contributed by atoms with Crippen LogP contribution in [0, 0.1) is 0 Å². The second-order valence-electron chi connectivity index (χ2n) is 6.33. The number of nitrogens with zero attached hydrogens (tertiary/aromatic N) is 1. The molecule has 4 rings (SSSR count). The van der Waals surface area contributed by atoms with E-state index >= 15 is 0 Å². The van der Waals surface area contributed by atoms with E-state index in [1.807, 2.05) is 47.8 Å². The Hall–Kier alpha value is -2.77. The fraction of sp³-hybridized carbons (Fsp3) is 0. The van der Waals surface area contributed by atoms with Crippen molar-refractivity contribution in [3.8, 4) is 21.6 Å². The van der Waals surface area contributed by atoms with Crippen LogP contribution in [-0.4, -0.2) is 51.5 Å². The molecule has 1 amide bonds. The monoisotopic (exact) mass is 424 g/mol. The van der Waals surface area contributed by atoms with E-state index in [2.05, 4.69) is 10.3 Å². The van der Waals surface area contributed by atoms with Gasteiger partial charge < -0.3 is 10.4 Å². The molecule has 2 aromatic carbocycles. The zero-order valence-electron chi connectivity index (χ0n) is 15.2. The molecule has 0 bridgehead atoms. The van der Waals surface area contributed by atoms with Gasteiger partial charge in [0.05, 0.1) is 16.8 Å². The van der Waals surface area contributed by atoms with Crippen LogP contribution in [0.2, 0.25) is 0 Å². The van der Waals surface area contributed by atoms with Crippen molar-refractivity contribution in [2.45, 2.75) is 0 Å². The molecular weight excluding hydrogens is 407 g/mol. The number of aromatic nitrogens is 1. The molecule has 144 valence electrons. The van der Waals surface area contributed by atoms with Gasteiger partial charge in [-0.2, -0.15) is 0 Å². The summed E-state index contributed by atoms with van der Waals surface area (Å²) < 4.78 is 0. The summed E-state index contributed by atoms with van der Waals surface area (Å²) in [4.78, 5) is 29.6. The molecule has 0 spiro atoms. The molecule has 0 atom stereocenters. The van der Waals surface area contributed by atoms with Crippen LogP contribution in [0.3, 0.4) is 0 Å². The molecule has 5 nitrogen and oxygen atoms in total. The molecule has 0 unspecified atom stereocenters. The average Bonchev–Trinajstić information content (AvgIpc) is 3.29. The topological polar surface area (TPSA) is 79.3 Å². The number of carboxylic acids is 1. The van der Waals surface area contributed by atoms with Gasteiger partial charge in [-0.25, -0.2) is 4.79 Å². The number of hydrogen-bond donors (Lipinski definition) is 2. The van der Waals surface area contributed by atoms with E-state index in [0.717, 1.165) is 21.6 Å². The van der Waals surface area contributed by atoms with Gasteiger partial charge in [-0.1, -0.05) is 42.5 Å². The third kappa shape index (κ3) is 4.86. The Morgan fingerprint density at radius 1 is 0.867 bits per heavy atom. The van der Waals surface area contributed by atoms with Gasteiger partial charge in [0.2, 0.25) is 0 Å². The fourth-order valence-electron chi connectivity index (χ4n) is 2.98. The molecule has 0 saturated carbocycles. The molecular formula is C23H17N2NaO3S. The molecule has 0 saturated heterocycles. The van der Waals surface area contributed by atoms with Crippen molar-refractivity contribution < 1.29 is 14.7 Å². The summed E-state index contributed by atoms with van der Waals surface area (Å²) in [5.41, 5.74) is 3.23. The van der Waals surface area contributed by atoms with E-state index in [9.17, 15) is 14.7 Å². The minimum absolute atomic E-state index is 0. The Labute approximate surface area is 199 Å². The van der Waals surface area contributed by atoms with Crippen LogP contribution in [0.15, 0.2) is 84.5 Å². The van der Waals surface area contributed by atoms with Crippen LogP contribution in [0.5, 0.6) is 0 Å². The van der Waals surface area contributed by atoms with E-state index < -0.39 is 11.9 Å². The maximum atomic E-state index is 12.8. The van der Waals surface area contributed by atoms with Crippen LogP contribution in [0.1, 0.15) is 20.7 Å². The zero-order valence-corrected chi connectivity index (χ0v) is 16.0. The van der Waals surface area contributed by atoms with Gasteiger partial charge in [-0.15, -0.1) is 11.3 Å². The predicted octanol–water partition coefficient (Wildman–Crippen LogP) is 4.78. The number of rotatable bonds is 5. The van der Waals surface area contributed by atoms with Crippen molar-refractivity contribution in [2.24, 2.45) is 0 Å². The Morgan fingerprint density at radius 2 is 1.67 bits per heavy atom. The number of benzene rings is 2. The number of carboxylic acid groups (broad SMARTS) is 1. The first-order chi connectivity index (χ1) is 14.1. The quantitative estimate of drug-likeness (QED) is 0.452. The SMILES string of the molecule is O=C(Nc1cc(-c2cccs2)ccc1C(=O)O)c1cncc(-c2ccccc2)c1.[NaH]. The van der Waals surface area contributed by atoms with Crippen LogP contribution in [-0.2, 0) is 0 Å². The van der Waals surface area contributed by atoms with E-state index in [4.69, 9.17) is 0 Å². The summed E-state index contributed by atoms with van der Waals surface area (Å²) in [5, 5.41) is 14.2. The van der Waals surface area contributed by atoms with Crippen LogP contribution >= 0.6 is 11.3 Å². The van der Waals surface area contributed by atoms with Crippen LogP contribution in [0.4, 0.5) is 5.69 Å². The number of carbonyl (C=O) groups excluding carboxylic acids is 1. The fourth-order valence-corrected chi connectivity index (χ4v) is 3.70. The number of nitrogens with one attached hydrogen (secondary N) is 1. The Morgan fingerprint density at radius 3 is 2.37 bits per heavy atom. The number of pyridine rings is 1. The number of amides is 1. The van der Waals surface area contributed by atoms with Gasteiger partial charge >= 0.3 is 35.5 Å². The number of aromatic carboxylic acids is 1. The standard InChI is InChI=1S/C23H16N2O3S.Na.H/c26-22(18-11-17(13-24-14-18)15-5-2-1-3-6-15)25-20-12-16(21-7-4-10-29-21)8-9-19(20)23(27)28;;/h1-14H,(H,25,26)(H,27,28);;. The van der Waals surface area contributed by atoms with E-state index in [0.29, 0.717) is 5.56 Å². The molecule has 7 heteroatoms. The molecule has 2 aromatic heterocycles. The van der Waals surface area contributed by atoms with Crippen molar-refractivity contribution >= 4 is 58.5 Å². The molecule has 30 heavy (non-hydrogen) atoms. The average molecular weight is 424 g/mol. The maximum absolute atomic E-state index is 12.8.